The van der Waals surface area contributed by atoms with Gasteiger partial charge in [-0.1, -0.05) is 12.1 Å². The highest BCUT2D eigenvalue weighted by atomic mass is 16.6. The predicted molar refractivity (Wildman–Crippen MR) is 105 cm³/mol. The Morgan fingerprint density at radius 3 is 2.75 bits per heavy atom. The number of anilines is 1. The third kappa shape index (κ3) is 4.26. The molecule has 0 amide bonds. The van der Waals surface area contributed by atoms with E-state index in [1.54, 1.807) is 43.8 Å². The molecule has 1 aromatic heterocycles. The topological polar surface area (TPSA) is 118 Å². The Morgan fingerprint density at radius 1 is 1.29 bits per heavy atom. The summed E-state index contributed by atoms with van der Waals surface area (Å²) in [4.78, 5) is 14.7. The third-order valence-corrected chi connectivity index (χ3v) is 3.92. The second kappa shape index (κ2) is 8.21. The van der Waals surface area contributed by atoms with Crippen LogP contribution in [0.15, 0.2) is 53.8 Å². The number of rotatable bonds is 7. The zero-order chi connectivity index (χ0) is 20.1. The number of ether oxygens (including phenoxy) is 2. The van der Waals surface area contributed by atoms with Crippen molar-refractivity contribution in [2.24, 2.45) is 5.10 Å². The minimum atomic E-state index is -0.479. The molecule has 3 aromatic rings. The second-order valence-corrected chi connectivity index (χ2v) is 5.91. The maximum absolute atomic E-state index is 11.1. The Labute approximate surface area is 161 Å². The molecule has 0 bridgehead atoms. The molecule has 0 unspecified atom stereocenters. The predicted octanol–water partition coefficient (Wildman–Crippen LogP) is 3.15. The number of nitrogens with zero attached hydrogens (tertiary/aromatic N) is 4. The Balaban J connectivity index is 1.82. The van der Waals surface area contributed by atoms with Gasteiger partial charge in [0.25, 0.3) is 0 Å². The SMILES string of the molecule is COc1ccc(C=Nn2cc(C)nc2N)cc1COc1ccccc1[N+](=O)[O-]. The minimum absolute atomic E-state index is 0.0925. The lowest BCUT2D eigenvalue weighted by Gasteiger charge is -2.11. The van der Waals surface area contributed by atoms with E-state index in [4.69, 9.17) is 15.2 Å². The molecule has 0 saturated heterocycles. The molecular weight excluding hydrogens is 362 g/mol. The van der Waals surface area contributed by atoms with Gasteiger partial charge in [0, 0.05) is 11.6 Å². The summed E-state index contributed by atoms with van der Waals surface area (Å²) < 4.78 is 12.5. The minimum Gasteiger partial charge on any atom is -0.496 e. The lowest BCUT2D eigenvalue weighted by molar-refractivity contribution is -0.385. The fourth-order valence-electron chi connectivity index (χ4n) is 2.60. The van der Waals surface area contributed by atoms with Gasteiger partial charge in [0.2, 0.25) is 5.95 Å². The van der Waals surface area contributed by atoms with Crippen LogP contribution in [0.25, 0.3) is 0 Å². The molecule has 1 heterocycles. The van der Waals surface area contributed by atoms with Crippen LogP contribution in [0.3, 0.4) is 0 Å². The summed E-state index contributed by atoms with van der Waals surface area (Å²) in [7, 11) is 1.55. The largest absolute Gasteiger partial charge is 0.496 e. The number of aryl methyl sites for hydroxylation is 1. The lowest BCUT2D eigenvalue weighted by atomic mass is 10.1. The first-order valence-electron chi connectivity index (χ1n) is 8.37. The molecule has 0 spiro atoms. The monoisotopic (exact) mass is 381 g/mol. The Kier molecular flexibility index (Phi) is 5.54. The van der Waals surface area contributed by atoms with E-state index in [1.165, 1.54) is 10.7 Å². The summed E-state index contributed by atoms with van der Waals surface area (Å²) in [5, 5.41) is 15.4. The quantitative estimate of drug-likeness (QED) is 0.382. The molecule has 9 nitrogen and oxygen atoms in total. The normalized spacial score (nSPS) is 10.9. The van der Waals surface area contributed by atoms with Crippen LogP contribution in [-0.4, -0.2) is 27.9 Å². The summed E-state index contributed by atoms with van der Waals surface area (Å²) in [6.45, 7) is 1.93. The van der Waals surface area contributed by atoms with Gasteiger partial charge in [-0.15, -0.1) is 0 Å². The second-order valence-electron chi connectivity index (χ2n) is 5.91. The van der Waals surface area contributed by atoms with E-state index in [1.807, 2.05) is 19.1 Å². The van der Waals surface area contributed by atoms with Crippen molar-refractivity contribution >= 4 is 17.9 Å². The molecule has 144 valence electrons. The van der Waals surface area contributed by atoms with Crippen molar-refractivity contribution in [1.29, 1.82) is 0 Å². The molecule has 0 radical (unpaired) electrons. The molecule has 0 aliphatic rings. The zero-order valence-corrected chi connectivity index (χ0v) is 15.4. The van der Waals surface area contributed by atoms with Crippen molar-refractivity contribution < 1.29 is 14.4 Å². The average molecular weight is 381 g/mol. The number of hydrogen-bond acceptors (Lipinski definition) is 7. The van der Waals surface area contributed by atoms with Gasteiger partial charge in [-0.05, 0) is 36.8 Å². The van der Waals surface area contributed by atoms with Gasteiger partial charge in [-0.2, -0.15) is 5.10 Å². The molecule has 0 saturated carbocycles. The number of imidazole rings is 1. The van der Waals surface area contributed by atoms with Gasteiger partial charge < -0.3 is 15.2 Å². The summed E-state index contributed by atoms with van der Waals surface area (Å²) >= 11 is 0. The first-order chi connectivity index (χ1) is 13.5. The number of para-hydroxylation sites is 2. The van der Waals surface area contributed by atoms with Gasteiger partial charge in [-0.25, -0.2) is 9.66 Å². The fraction of sp³-hybridized carbons (Fsp3) is 0.158. The van der Waals surface area contributed by atoms with Crippen LogP contribution < -0.4 is 15.2 Å². The fourth-order valence-corrected chi connectivity index (χ4v) is 2.60. The first kappa shape index (κ1) is 18.9. The average Bonchev–Trinajstić information content (AvgIpc) is 3.02. The maximum Gasteiger partial charge on any atom is 0.310 e. The van der Waals surface area contributed by atoms with Gasteiger partial charge >= 0.3 is 5.69 Å². The van der Waals surface area contributed by atoms with Crippen LogP contribution in [-0.2, 0) is 6.61 Å². The molecule has 28 heavy (non-hydrogen) atoms. The number of nitrogen functional groups attached to an aromatic ring is 1. The highest BCUT2D eigenvalue weighted by Crippen LogP contribution is 2.28. The molecule has 0 aliphatic carbocycles. The van der Waals surface area contributed by atoms with Crippen molar-refractivity contribution in [2.75, 3.05) is 12.8 Å². The number of methoxy groups -OCH3 is 1. The Bertz CT molecular complexity index is 1030. The van der Waals surface area contributed by atoms with Crippen LogP contribution in [0, 0.1) is 17.0 Å². The van der Waals surface area contributed by atoms with E-state index in [0.717, 1.165) is 16.8 Å². The summed E-state index contributed by atoms with van der Waals surface area (Å²) in [6.07, 6.45) is 3.35. The summed E-state index contributed by atoms with van der Waals surface area (Å²) in [5.41, 5.74) is 7.96. The van der Waals surface area contributed by atoms with Gasteiger partial charge in [0.15, 0.2) is 5.75 Å². The molecular formula is C19H19N5O4. The molecule has 3 rings (SSSR count). The number of nitrogens with two attached hydrogens (primary N) is 1. The van der Waals surface area contributed by atoms with Crippen LogP contribution in [0.2, 0.25) is 0 Å². The van der Waals surface area contributed by atoms with E-state index in [-0.39, 0.29) is 18.0 Å². The van der Waals surface area contributed by atoms with E-state index < -0.39 is 4.92 Å². The van der Waals surface area contributed by atoms with E-state index in [9.17, 15) is 10.1 Å². The van der Waals surface area contributed by atoms with Gasteiger partial charge in [0.05, 0.1) is 30.1 Å². The molecule has 2 N–H and O–H groups in total. The zero-order valence-electron chi connectivity index (χ0n) is 15.4. The van der Waals surface area contributed by atoms with Crippen LogP contribution >= 0.6 is 0 Å². The highest BCUT2D eigenvalue weighted by Gasteiger charge is 2.14. The Morgan fingerprint density at radius 2 is 2.07 bits per heavy atom. The Hall–Kier alpha value is -3.88. The molecule has 0 aliphatic heterocycles. The highest BCUT2D eigenvalue weighted by molar-refractivity contribution is 5.80. The van der Waals surface area contributed by atoms with Gasteiger partial charge in [0.1, 0.15) is 12.4 Å². The molecule has 9 heteroatoms. The standard InChI is InChI=1S/C19H19N5O4/c1-13-11-23(19(20)22-13)21-10-14-7-8-17(27-2)15(9-14)12-28-18-6-4-3-5-16(18)24(25)26/h3-11H,12H2,1-2H3,(H2,20,22). The molecule has 0 fully saturated rings. The lowest BCUT2D eigenvalue weighted by Crippen LogP contribution is -2.02. The van der Waals surface area contributed by atoms with Crippen molar-refractivity contribution in [3.63, 3.8) is 0 Å². The van der Waals surface area contributed by atoms with E-state index in [2.05, 4.69) is 10.1 Å². The van der Waals surface area contributed by atoms with E-state index >= 15 is 0 Å². The number of aromatic nitrogens is 2. The van der Waals surface area contributed by atoms with Crippen LogP contribution in [0.5, 0.6) is 11.5 Å². The third-order valence-electron chi connectivity index (χ3n) is 3.92. The summed E-state index contributed by atoms with van der Waals surface area (Å²) in [6, 6.07) is 11.7. The smallest absolute Gasteiger partial charge is 0.310 e. The molecule has 2 aromatic carbocycles. The number of nitro benzene ring substituents is 1. The summed E-state index contributed by atoms with van der Waals surface area (Å²) in [5.74, 6) is 1.09. The first-order valence-corrected chi connectivity index (χ1v) is 8.37. The maximum atomic E-state index is 11.1. The van der Waals surface area contributed by atoms with Gasteiger partial charge in [-0.3, -0.25) is 10.1 Å². The van der Waals surface area contributed by atoms with Crippen molar-refractivity contribution in [3.05, 3.63) is 75.6 Å². The number of benzene rings is 2. The molecule has 0 atom stereocenters. The number of hydrogen-bond donors (Lipinski definition) is 1. The van der Waals surface area contributed by atoms with Crippen LogP contribution in [0.4, 0.5) is 11.6 Å². The van der Waals surface area contributed by atoms with E-state index in [0.29, 0.717) is 11.7 Å². The van der Waals surface area contributed by atoms with Crippen molar-refractivity contribution in [2.45, 2.75) is 13.5 Å². The van der Waals surface area contributed by atoms with Crippen LogP contribution in [0.1, 0.15) is 16.8 Å². The van der Waals surface area contributed by atoms with Crippen molar-refractivity contribution in [3.8, 4) is 11.5 Å². The van der Waals surface area contributed by atoms with Crippen molar-refractivity contribution in [1.82, 2.24) is 9.66 Å². The number of nitro groups is 1.